The summed E-state index contributed by atoms with van der Waals surface area (Å²) in [5, 5.41) is 21.2. The van der Waals surface area contributed by atoms with Gasteiger partial charge in [0.1, 0.15) is 0 Å². The minimum atomic E-state index is -0.665. The van der Waals surface area contributed by atoms with E-state index < -0.39 is 11.4 Å². The predicted octanol–water partition coefficient (Wildman–Crippen LogP) is 5.39. The summed E-state index contributed by atoms with van der Waals surface area (Å²) < 4.78 is 0. The monoisotopic (exact) mass is 443 g/mol. The van der Waals surface area contributed by atoms with E-state index >= 15 is 0 Å². The average molecular weight is 444 g/mol. The molecule has 0 spiro atoms. The molecule has 0 radical (unpaired) electrons. The van der Waals surface area contributed by atoms with E-state index in [1.807, 2.05) is 0 Å². The number of rotatable bonds is 1. The highest BCUT2D eigenvalue weighted by molar-refractivity contribution is 5.76. The molecule has 5 aliphatic rings. The number of hydrogen-bond donors (Lipinski definition) is 3. The van der Waals surface area contributed by atoms with Crippen LogP contribution in [-0.2, 0) is 4.79 Å². The zero-order valence-electron chi connectivity index (χ0n) is 20.9. The van der Waals surface area contributed by atoms with Crippen LogP contribution in [0.25, 0.3) is 0 Å². The first-order valence-corrected chi connectivity index (χ1v) is 13.2. The first-order valence-electron chi connectivity index (χ1n) is 13.2. The first-order chi connectivity index (χ1) is 14.9. The van der Waals surface area contributed by atoms with Crippen LogP contribution in [0.3, 0.4) is 0 Å². The van der Waals surface area contributed by atoms with Crippen molar-refractivity contribution < 1.29 is 15.0 Å². The third kappa shape index (κ3) is 2.72. The lowest BCUT2D eigenvalue weighted by molar-refractivity contribution is -0.219. The Kier molecular flexibility index (Phi) is 5.06. The molecule has 4 N–H and O–H groups in total. The highest BCUT2D eigenvalue weighted by Gasteiger charge is 2.67. The fraction of sp³-hybridized carbons (Fsp3) is 0.893. The van der Waals surface area contributed by atoms with Gasteiger partial charge in [0.2, 0.25) is 0 Å². The number of carboxylic acid groups (broad SMARTS) is 1. The number of aliphatic hydroxyl groups is 1. The van der Waals surface area contributed by atoms with Crippen LogP contribution >= 0.6 is 0 Å². The quantitative estimate of drug-likeness (QED) is 0.474. The number of carbonyl (C=O) groups is 1. The van der Waals surface area contributed by atoms with Gasteiger partial charge in [-0.3, -0.25) is 4.79 Å². The molecule has 4 heteroatoms. The number of carboxylic acids is 1. The molecule has 180 valence electrons. The molecular formula is C28H45NO3. The van der Waals surface area contributed by atoms with Gasteiger partial charge in [0.05, 0.1) is 11.5 Å². The minimum absolute atomic E-state index is 0.0240. The minimum Gasteiger partial charge on any atom is -0.481 e. The summed E-state index contributed by atoms with van der Waals surface area (Å²) in [6, 6.07) is -0.122. The Labute approximate surface area is 194 Å². The molecule has 4 fully saturated rings. The van der Waals surface area contributed by atoms with Crippen molar-refractivity contribution in [2.75, 3.05) is 0 Å². The molecule has 4 unspecified atom stereocenters. The third-order valence-corrected chi connectivity index (χ3v) is 12.4. The number of aliphatic hydroxyl groups excluding tert-OH is 1. The zero-order chi connectivity index (χ0) is 23.3. The summed E-state index contributed by atoms with van der Waals surface area (Å²) in [6.45, 7) is 11.8. The standard InChI is InChI=1S/C28H45NO3/c1-16-8-14-28(24(31)32)15-9-18-17(22(28)23(16)29)6-7-20-26(18,4)12-10-19-25(2,3)21(30)11-13-27(19,20)5/h8,17-23,30H,6-7,9-15,29H2,1-5H3,(H,31,32)/t17?,18?,19?,20-,21?,22-,23+,26-,27-,28-/m0/s1. The average Bonchev–Trinajstić information content (AvgIpc) is 2.73. The molecule has 0 saturated heterocycles. The Morgan fingerprint density at radius 3 is 2.34 bits per heavy atom. The Bertz CT molecular complexity index is 835. The van der Waals surface area contributed by atoms with Crippen molar-refractivity contribution in [3.05, 3.63) is 11.6 Å². The van der Waals surface area contributed by atoms with Crippen molar-refractivity contribution in [2.24, 2.45) is 57.0 Å². The Morgan fingerprint density at radius 1 is 0.969 bits per heavy atom. The molecule has 0 aliphatic heterocycles. The predicted molar refractivity (Wildman–Crippen MR) is 127 cm³/mol. The maximum absolute atomic E-state index is 12.6. The lowest BCUT2D eigenvalue weighted by Gasteiger charge is -2.69. The molecule has 0 amide bonds. The van der Waals surface area contributed by atoms with E-state index in [1.165, 1.54) is 24.8 Å². The maximum Gasteiger partial charge on any atom is 0.310 e. The van der Waals surface area contributed by atoms with Gasteiger partial charge in [-0.15, -0.1) is 0 Å². The second kappa shape index (κ2) is 7.07. The zero-order valence-corrected chi connectivity index (χ0v) is 20.9. The summed E-state index contributed by atoms with van der Waals surface area (Å²) >= 11 is 0. The van der Waals surface area contributed by atoms with E-state index in [0.717, 1.165) is 32.1 Å². The van der Waals surface area contributed by atoms with Gasteiger partial charge in [-0.2, -0.15) is 0 Å². The summed E-state index contributed by atoms with van der Waals surface area (Å²) in [4.78, 5) is 12.6. The first kappa shape index (κ1) is 22.9. The van der Waals surface area contributed by atoms with E-state index in [1.54, 1.807) is 0 Å². The van der Waals surface area contributed by atoms with Crippen LogP contribution < -0.4 is 5.73 Å². The van der Waals surface area contributed by atoms with Crippen molar-refractivity contribution >= 4 is 5.97 Å². The van der Waals surface area contributed by atoms with E-state index in [4.69, 9.17) is 5.73 Å². The van der Waals surface area contributed by atoms with Gasteiger partial charge >= 0.3 is 5.97 Å². The molecule has 0 aromatic heterocycles. The van der Waals surface area contributed by atoms with Crippen LogP contribution in [0.1, 0.15) is 92.4 Å². The van der Waals surface area contributed by atoms with Crippen LogP contribution in [0.2, 0.25) is 0 Å². The normalized spacial score (nSPS) is 54.3. The van der Waals surface area contributed by atoms with Crippen LogP contribution in [0.15, 0.2) is 11.6 Å². The van der Waals surface area contributed by atoms with Gasteiger partial charge in [0.15, 0.2) is 0 Å². The maximum atomic E-state index is 12.6. The summed E-state index contributed by atoms with van der Waals surface area (Å²) in [6.07, 6.45) is 11.2. The van der Waals surface area contributed by atoms with Crippen LogP contribution in [0, 0.1) is 51.2 Å². The van der Waals surface area contributed by atoms with Gasteiger partial charge < -0.3 is 15.9 Å². The van der Waals surface area contributed by atoms with Gasteiger partial charge in [-0.1, -0.05) is 39.3 Å². The van der Waals surface area contributed by atoms with E-state index in [2.05, 4.69) is 40.7 Å². The summed E-state index contributed by atoms with van der Waals surface area (Å²) in [7, 11) is 0. The number of allylic oxidation sites excluding steroid dienone is 1. The molecule has 5 rings (SSSR count). The summed E-state index contributed by atoms with van der Waals surface area (Å²) in [5.74, 6) is 1.67. The fourth-order valence-electron chi connectivity index (χ4n) is 10.6. The Morgan fingerprint density at radius 2 is 1.66 bits per heavy atom. The Balaban J connectivity index is 1.52. The molecule has 4 nitrogen and oxygen atoms in total. The topological polar surface area (TPSA) is 83.5 Å². The molecule has 0 aromatic rings. The van der Waals surface area contributed by atoms with E-state index in [9.17, 15) is 15.0 Å². The number of hydrogen-bond acceptors (Lipinski definition) is 3. The smallest absolute Gasteiger partial charge is 0.310 e. The van der Waals surface area contributed by atoms with Crippen LogP contribution in [0.4, 0.5) is 0 Å². The van der Waals surface area contributed by atoms with Gasteiger partial charge in [-0.05, 0) is 111 Å². The summed E-state index contributed by atoms with van der Waals surface area (Å²) in [5.41, 5.74) is 7.83. The van der Waals surface area contributed by atoms with Crippen molar-refractivity contribution in [3.63, 3.8) is 0 Å². The van der Waals surface area contributed by atoms with E-state index in [0.29, 0.717) is 30.1 Å². The molecule has 32 heavy (non-hydrogen) atoms. The SMILES string of the molecule is CC1=CC[C@]2(C(=O)O)CCC3C(CC[C@H]4[C@@]3(C)CCC3C(C)(C)C(O)CC[C@@]34C)[C@H]2[C@@H]1N. The second-order valence-corrected chi connectivity index (χ2v) is 13.6. The highest BCUT2D eigenvalue weighted by atomic mass is 16.4. The van der Waals surface area contributed by atoms with Crippen LogP contribution in [0.5, 0.6) is 0 Å². The lowest BCUT2D eigenvalue weighted by atomic mass is 9.35. The lowest BCUT2D eigenvalue weighted by Crippen LogP contribution is -2.65. The van der Waals surface area contributed by atoms with Crippen molar-refractivity contribution in [1.29, 1.82) is 0 Å². The molecule has 0 heterocycles. The van der Waals surface area contributed by atoms with Crippen molar-refractivity contribution in [2.45, 2.75) is 105 Å². The van der Waals surface area contributed by atoms with Crippen molar-refractivity contribution in [3.8, 4) is 0 Å². The molecule has 0 bridgehead atoms. The molecule has 4 saturated carbocycles. The van der Waals surface area contributed by atoms with Crippen LogP contribution in [-0.4, -0.2) is 28.3 Å². The van der Waals surface area contributed by atoms with E-state index in [-0.39, 0.29) is 34.3 Å². The largest absolute Gasteiger partial charge is 0.481 e. The molecule has 5 aliphatic carbocycles. The Hall–Kier alpha value is -0.870. The van der Waals surface area contributed by atoms with Gasteiger partial charge in [-0.25, -0.2) is 0 Å². The fourth-order valence-corrected chi connectivity index (χ4v) is 10.6. The van der Waals surface area contributed by atoms with Crippen molar-refractivity contribution in [1.82, 2.24) is 0 Å². The van der Waals surface area contributed by atoms with Gasteiger partial charge in [0.25, 0.3) is 0 Å². The van der Waals surface area contributed by atoms with Gasteiger partial charge in [0, 0.05) is 6.04 Å². The number of fused-ring (bicyclic) bond motifs is 7. The highest BCUT2D eigenvalue weighted by Crippen LogP contribution is 2.72. The number of aliphatic carboxylic acids is 1. The number of nitrogens with two attached hydrogens (primary N) is 1. The second-order valence-electron chi connectivity index (χ2n) is 13.6. The molecular weight excluding hydrogens is 398 g/mol. The third-order valence-electron chi connectivity index (χ3n) is 12.4. The molecule has 0 aromatic carbocycles. The molecule has 10 atom stereocenters.